The van der Waals surface area contributed by atoms with Gasteiger partial charge in [0.2, 0.25) is 0 Å². The second-order valence-corrected chi connectivity index (χ2v) is 7.12. The summed E-state index contributed by atoms with van der Waals surface area (Å²) in [6, 6.07) is 6.78. The molecule has 1 aliphatic carbocycles. The molecule has 0 unspecified atom stereocenters. The van der Waals surface area contributed by atoms with Crippen molar-refractivity contribution in [1.29, 1.82) is 0 Å². The van der Waals surface area contributed by atoms with E-state index in [4.69, 9.17) is 4.74 Å². The first-order chi connectivity index (χ1) is 11.6. The van der Waals surface area contributed by atoms with Crippen LogP contribution in [0.5, 0.6) is 0 Å². The molecule has 0 saturated heterocycles. The summed E-state index contributed by atoms with van der Waals surface area (Å²) in [5, 5.41) is 4.88. The molecule has 4 nitrogen and oxygen atoms in total. The second kappa shape index (κ2) is 7.18. The number of carbonyl (C=O) groups is 2. The van der Waals surface area contributed by atoms with E-state index in [2.05, 4.69) is 12.2 Å². The average molecular weight is 343 g/mol. The third-order valence-corrected chi connectivity index (χ3v) is 5.35. The van der Waals surface area contributed by atoms with E-state index in [-0.39, 0.29) is 11.9 Å². The van der Waals surface area contributed by atoms with Gasteiger partial charge in [-0.05, 0) is 61.9 Å². The van der Waals surface area contributed by atoms with Gasteiger partial charge in [-0.25, -0.2) is 4.79 Å². The number of carbonyl (C=O) groups excluding carboxylic acids is 2. The van der Waals surface area contributed by atoms with Crippen LogP contribution in [0.25, 0.3) is 0 Å². The highest BCUT2D eigenvalue weighted by Gasteiger charge is 2.23. The van der Waals surface area contributed by atoms with E-state index < -0.39 is 0 Å². The van der Waals surface area contributed by atoms with Crippen LogP contribution in [-0.2, 0) is 17.6 Å². The Bertz CT molecular complexity index is 748. The number of thiophene rings is 1. The molecule has 1 N–H and O–H groups in total. The molecule has 1 aromatic carbocycles. The normalized spacial score (nSPS) is 16.3. The predicted octanol–water partition coefficient (Wildman–Crippen LogP) is 4.30. The van der Waals surface area contributed by atoms with Crippen LogP contribution in [0, 0.1) is 5.92 Å². The van der Waals surface area contributed by atoms with Crippen LogP contribution >= 0.6 is 11.3 Å². The fourth-order valence-corrected chi connectivity index (χ4v) is 4.21. The quantitative estimate of drug-likeness (QED) is 0.842. The summed E-state index contributed by atoms with van der Waals surface area (Å²) in [6.45, 7) is 4.38. The summed E-state index contributed by atoms with van der Waals surface area (Å²) >= 11 is 1.68. The number of benzene rings is 1. The van der Waals surface area contributed by atoms with E-state index in [1.165, 1.54) is 10.4 Å². The van der Waals surface area contributed by atoms with Gasteiger partial charge >= 0.3 is 5.97 Å². The molecular weight excluding hydrogens is 322 g/mol. The fraction of sp³-hybridized carbons (Fsp3) is 0.368. The second-order valence-electron chi connectivity index (χ2n) is 6.15. The average Bonchev–Trinajstić information content (AvgIpc) is 2.98. The summed E-state index contributed by atoms with van der Waals surface area (Å²) in [6.07, 6.45) is 3.18. The zero-order valence-corrected chi connectivity index (χ0v) is 14.7. The van der Waals surface area contributed by atoms with Gasteiger partial charge in [0.15, 0.2) is 0 Å². The Morgan fingerprint density at radius 2 is 2.04 bits per heavy atom. The molecule has 0 bridgehead atoms. The van der Waals surface area contributed by atoms with E-state index in [1.807, 2.05) is 5.38 Å². The van der Waals surface area contributed by atoms with Crippen molar-refractivity contribution >= 4 is 28.9 Å². The van der Waals surface area contributed by atoms with Crippen LogP contribution in [0.4, 0.5) is 5.69 Å². The number of amides is 1. The van der Waals surface area contributed by atoms with Gasteiger partial charge in [-0.3, -0.25) is 4.79 Å². The van der Waals surface area contributed by atoms with E-state index in [9.17, 15) is 9.59 Å². The van der Waals surface area contributed by atoms with Crippen molar-refractivity contribution in [3.05, 3.63) is 51.2 Å². The van der Waals surface area contributed by atoms with Gasteiger partial charge in [-0.2, -0.15) is 0 Å². The van der Waals surface area contributed by atoms with Gasteiger partial charge in [-0.15, -0.1) is 11.3 Å². The van der Waals surface area contributed by atoms with Crippen LogP contribution in [0.1, 0.15) is 51.4 Å². The Kier molecular flexibility index (Phi) is 5.00. The molecule has 1 atom stereocenters. The molecule has 1 aromatic heterocycles. The predicted molar refractivity (Wildman–Crippen MR) is 95.9 cm³/mol. The number of hydrogen-bond donors (Lipinski definition) is 1. The standard InChI is InChI=1S/C19H21NO3S/c1-3-23-19(22)13-5-7-14(8-6-13)20-18(21)16-11-24-17-10-12(2)4-9-15(16)17/h5-8,11-12H,3-4,9-10H2,1-2H3,(H,20,21)/t12-/m1/s1. The number of ether oxygens (including phenoxy) is 1. The van der Waals surface area contributed by atoms with Gasteiger partial charge in [0, 0.05) is 15.9 Å². The van der Waals surface area contributed by atoms with E-state index in [0.29, 0.717) is 23.8 Å². The molecule has 2 aromatic rings. The van der Waals surface area contributed by atoms with Crippen molar-refractivity contribution < 1.29 is 14.3 Å². The summed E-state index contributed by atoms with van der Waals surface area (Å²) < 4.78 is 4.95. The van der Waals surface area contributed by atoms with Crippen LogP contribution < -0.4 is 5.32 Å². The zero-order chi connectivity index (χ0) is 17.1. The molecule has 1 amide bonds. The molecule has 0 radical (unpaired) electrons. The smallest absolute Gasteiger partial charge is 0.338 e. The van der Waals surface area contributed by atoms with E-state index in [1.54, 1.807) is 42.5 Å². The molecule has 0 spiro atoms. The lowest BCUT2D eigenvalue weighted by atomic mass is 9.88. The van der Waals surface area contributed by atoms with E-state index >= 15 is 0 Å². The number of hydrogen-bond acceptors (Lipinski definition) is 4. The van der Waals surface area contributed by atoms with Gasteiger partial charge < -0.3 is 10.1 Å². The molecule has 5 heteroatoms. The minimum absolute atomic E-state index is 0.0778. The first kappa shape index (κ1) is 16.7. The highest BCUT2D eigenvalue weighted by atomic mass is 32.1. The lowest BCUT2D eigenvalue weighted by Crippen LogP contribution is -2.16. The number of anilines is 1. The Morgan fingerprint density at radius 3 is 2.75 bits per heavy atom. The van der Waals surface area contributed by atoms with Crippen LogP contribution in [0.15, 0.2) is 29.6 Å². The molecular formula is C19H21NO3S. The number of nitrogens with one attached hydrogen (secondary N) is 1. The largest absolute Gasteiger partial charge is 0.462 e. The fourth-order valence-electron chi connectivity index (χ4n) is 2.97. The lowest BCUT2D eigenvalue weighted by molar-refractivity contribution is 0.0526. The van der Waals surface area contributed by atoms with Crippen molar-refractivity contribution in [2.45, 2.75) is 33.1 Å². The molecule has 126 valence electrons. The summed E-state index contributed by atoms with van der Waals surface area (Å²) in [7, 11) is 0. The van der Waals surface area contributed by atoms with Crippen molar-refractivity contribution in [2.75, 3.05) is 11.9 Å². The molecule has 1 heterocycles. The van der Waals surface area contributed by atoms with E-state index in [0.717, 1.165) is 24.8 Å². The van der Waals surface area contributed by atoms with Crippen LogP contribution in [-0.4, -0.2) is 18.5 Å². The molecule has 3 rings (SSSR count). The van der Waals surface area contributed by atoms with Gasteiger partial charge in [0.25, 0.3) is 5.91 Å². The maximum atomic E-state index is 12.6. The summed E-state index contributed by atoms with van der Waals surface area (Å²) in [5.41, 5.74) is 3.16. The van der Waals surface area contributed by atoms with Crippen LogP contribution in [0.3, 0.4) is 0 Å². The van der Waals surface area contributed by atoms with Crippen molar-refractivity contribution in [1.82, 2.24) is 0 Å². The summed E-state index contributed by atoms with van der Waals surface area (Å²) in [5.74, 6) is 0.268. The monoisotopic (exact) mass is 343 g/mol. The van der Waals surface area contributed by atoms with Gasteiger partial charge in [0.1, 0.15) is 0 Å². The molecule has 24 heavy (non-hydrogen) atoms. The first-order valence-electron chi connectivity index (χ1n) is 8.26. The van der Waals surface area contributed by atoms with Gasteiger partial charge in [0.05, 0.1) is 17.7 Å². The maximum absolute atomic E-state index is 12.6. The van der Waals surface area contributed by atoms with Crippen LogP contribution in [0.2, 0.25) is 0 Å². The topological polar surface area (TPSA) is 55.4 Å². The molecule has 1 aliphatic rings. The molecule has 0 aliphatic heterocycles. The Hall–Kier alpha value is -2.14. The minimum atomic E-state index is -0.351. The third kappa shape index (κ3) is 3.51. The lowest BCUT2D eigenvalue weighted by Gasteiger charge is -2.18. The van der Waals surface area contributed by atoms with Crippen molar-refractivity contribution in [2.24, 2.45) is 5.92 Å². The summed E-state index contributed by atoms with van der Waals surface area (Å²) in [4.78, 5) is 25.5. The first-order valence-corrected chi connectivity index (χ1v) is 9.14. The van der Waals surface area contributed by atoms with Crippen molar-refractivity contribution in [3.8, 4) is 0 Å². The number of rotatable bonds is 4. The maximum Gasteiger partial charge on any atom is 0.338 e. The van der Waals surface area contributed by atoms with Gasteiger partial charge in [-0.1, -0.05) is 6.92 Å². The SMILES string of the molecule is CCOC(=O)c1ccc(NC(=O)c2csc3c2CC[C@@H](C)C3)cc1. The Balaban J connectivity index is 1.70. The molecule has 0 saturated carbocycles. The Morgan fingerprint density at radius 1 is 1.29 bits per heavy atom. The molecule has 0 fully saturated rings. The number of esters is 1. The third-order valence-electron chi connectivity index (χ3n) is 4.30. The Labute approximate surface area is 145 Å². The highest BCUT2D eigenvalue weighted by Crippen LogP contribution is 2.33. The number of fused-ring (bicyclic) bond motifs is 1. The minimum Gasteiger partial charge on any atom is -0.462 e. The van der Waals surface area contributed by atoms with Crippen molar-refractivity contribution in [3.63, 3.8) is 0 Å². The highest BCUT2D eigenvalue weighted by molar-refractivity contribution is 7.10. The zero-order valence-electron chi connectivity index (χ0n) is 13.9.